The fourth-order valence-electron chi connectivity index (χ4n) is 5.65. The number of fused-ring (bicyclic) bond motifs is 1. The molecule has 14 heteroatoms. The number of nitrogens with zero attached hydrogens (tertiary/aromatic N) is 4. The quantitative estimate of drug-likeness (QED) is 0.198. The highest BCUT2D eigenvalue weighted by Crippen LogP contribution is 2.38. The molecule has 0 aliphatic carbocycles. The number of para-hydroxylation sites is 1. The third kappa shape index (κ3) is 7.55. The second kappa shape index (κ2) is 15.1. The van der Waals surface area contributed by atoms with Gasteiger partial charge in [-0.15, -0.1) is 0 Å². The van der Waals surface area contributed by atoms with Crippen LogP contribution in [0.15, 0.2) is 83.9 Å². The van der Waals surface area contributed by atoms with E-state index in [1.54, 1.807) is 25.2 Å². The van der Waals surface area contributed by atoms with Crippen LogP contribution < -0.4 is 30.4 Å². The number of likely N-dealkylation sites (tertiary alicyclic amines) is 1. The molecule has 0 atom stereocenters. The number of methoxy groups -OCH3 is 1. The second-order valence-electron chi connectivity index (χ2n) is 11.6. The van der Waals surface area contributed by atoms with E-state index in [-0.39, 0.29) is 28.6 Å². The zero-order valence-electron chi connectivity index (χ0n) is 27.3. The van der Waals surface area contributed by atoms with Gasteiger partial charge < -0.3 is 24.8 Å². The molecule has 1 saturated heterocycles. The van der Waals surface area contributed by atoms with E-state index in [1.807, 2.05) is 0 Å². The van der Waals surface area contributed by atoms with Crippen LogP contribution >= 0.6 is 0 Å². The summed E-state index contributed by atoms with van der Waals surface area (Å²) in [5.41, 5.74) is -0.663. The monoisotopic (exact) mass is 684 g/mol. The van der Waals surface area contributed by atoms with Crippen LogP contribution in [0.1, 0.15) is 23.2 Å². The standard InChI is InChI=1S/C36H34F2N6O6/c1-39-34(45)20-43-15-11-22(12-16-43)21-49-33-19-28-25(18-32(33)48-2)30(10-13-40-28)50-31-8-7-23(17-27(31)38)42-35(46)24-9-14-41-44(36(24)47)29-6-4-3-5-26(29)37/h3-10,13-14,17-19,22H,11-12,15-16,20-21H2,1-2H3,(H,39,45)(H,42,46). The smallest absolute Gasteiger partial charge is 0.284 e. The van der Waals surface area contributed by atoms with Gasteiger partial charge in [0.2, 0.25) is 5.91 Å². The first-order valence-corrected chi connectivity index (χ1v) is 15.9. The summed E-state index contributed by atoms with van der Waals surface area (Å²) in [6.07, 6.45) is 4.53. The Morgan fingerprint density at radius 1 is 0.920 bits per heavy atom. The first-order chi connectivity index (χ1) is 24.2. The van der Waals surface area contributed by atoms with Crippen molar-refractivity contribution in [3.8, 4) is 28.7 Å². The van der Waals surface area contributed by atoms with Gasteiger partial charge in [0.05, 0.1) is 25.8 Å². The normalized spacial score (nSPS) is 13.5. The van der Waals surface area contributed by atoms with E-state index in [1.165, 1.54) is 62.0 Å². The molecule has 1 aliphatic rings. The number of pyridine rings is 1. The number of rotatable bonds is 11. The topological polar surface area (TPSA) is 137 Å². The van der Waals surface area contributed by atoms with Crippen molar-refractivity contribution >= 4 is 28.4 Å². The predicted molar refractivity (Wildman–Crippen MR) is 181 cm³/mol. The highest BCUT2D eigenvalue weighted by atomic mass is 19.1. The number of ether oxygens (including phenoxy) is 3. The van der Waals surface area contributed by atoms with Crippen LogP contribution in [-0.2, 0) is 4.79 Å². The lowest BCUT2D eigenvalue weighted by Crippen LogP contribution is -2.41. The number of aromatic nitrogens is 3. The molecule has 2 N–H and O–H groups in total. The Hall–Kier alpha value is -5.89. The first kappa shape index (κ1) is 34.0. The minimum absolute atomic E-state index is 0.000683. The molecule has 6 rings (SSSR count). The maximum absolute atomic E-state index is 15.3. The van der Waals surface area contributed by atoms with Gasteiger partial charge in [0.15, 0.2) is 23.1 Å². The molecule has 2 aromatic heterocycles. The molecule has 258 valence electrons. The predicted octanol–water partition coefficient (Wildman–Crippen LogP) is 4.95. The zero-order valence-corrected chi connectivity index (χ0v) is 27.3. The fourth-order valence-corrected chi connectivity index (χ4v) is 5.65. The SMILES string of the molecule is CNC(=O)CN1CCC(COc2cc3nccc(Oc4ccc(NC(=O)c5ccnn(-c6ccccc6F)c5=O)cc4F)c3cc2OC)CC1. The van der Waals surface area contributed by atoms with Gasteiger partial charge in [-0.2, -0.15) is 9.78 Å². The molecule has 0 unspecified atom stereocenters. The maximum Gasteiger partial charge on any atom is 0.284 e. The molecule has 0 saturated carbocycles. The Balaban J connectivity index is 1.13. The molecule has 2 amide bonds. The molecule has 3 heterocycles. The third-order valence-corrected chi connectivity index (χ3v) is 8.40. The summed E-state index contributed by atoms with van der Waals surface area (Å²) in [5, 5.41) is 9.58. The Bertz CT molecular complexity index is 2100. The summed E-state index contributed by atoms with van der Waals surface area (Å²) in [7, 11) is 3.16. The van der Waals surface area contributed by atoms with Crippen molar-refractivity contribution in [1.82, 2.24) is 25.0 Å². The number of likely N-dealkylation sites (N-methyl/N-ethyl adjacent to an activating group) is 1. The number of amides is 2. The highest BCUT2D eigenvalue weighted by Gasteiger charge is 2.22. The minimum Gasteiger partial charge on any atom is -0.493 e. The van der Waals surface area contributed by atoms with Crippen LogP contribution in [0.25, 0.3) is 16.6 Å². The number of nitrogens with one attached hydrogen (secondary N) is 2. The zero-order chi connectivity index (χ0) is 35.2. The second-order valence-corrected chi connectivity index (χ2v) is 11.6. The molecule has 50 heavy (non-hydrogen) atoms. The van der Waals surface area contributed by atoms with E-state index in [0.717, 1.165) is 36.7 Å². The Morgan fingerprint density at radius 2 is 1.72 bits per heavy atom. The van der Waals surface area contributed by atoms with E-state index in [2.05, 4.69) is 25.6 Å². The largest absolute Gasteiger partial charge is 0.493 e. The van der Waals surface area contributed by atoms with Gasteiger partial charge in [-0.25, -0.2) is 8.78 Å². The van der Waals surface area contributed by atoms with Crippen molar-refractivity contribution in [2.24, 2.45) is 5.92 Å². The highest BCUT2D eigenvalue weighted by molar-refractivity contribution is 6.04. The van der Waals surface area contributed by atoms with Gasteiger partial charge in [0, 0.05) is 42.6 Å². The van der Waals surface area contributed by atoms with Crippen molar-refractivity contribution < 1.29 is 32.6 Å². The lowest BCUT2D eigenvalue weighted by Gasteiger charge is -2.31. The van der Waals surface area contributed by atoms with E-state index >= 15 is 4.39 Å². The summed E-state index contributed by atoms with van der Waals surface area (Å²) in [4.78, 5) is 44.2. The summed E-state index contributed by atoms with van der Waals surface area (Å²) >= 11 is 0. The minimum atomic E-state index is -0.844. The lowest BCUT2D eigenvalue weighted by atomic mass is 9.98. The number of halogens is 2. The van der Waals surface area contributed by atoms with Gasteiger partial charge >= 0.3 is 0 Å². The average Bonchev–Trinajstić information content (AvgIpc) is 3.12. The fraction of sp³-hybridized carbons (Fsp3) is 0.250. The van der Waals surface area contributed by atoms with Crippen LogP contribution in [0, 0.1) is 17.6 Å². The van der Waals surface area contributed by atoms with E-state index < -0.39 is 23.1 Å². The Labute approximate surface area is 285 Å². The summed E-state index contributed by atoms with van der Waals surface area (Å²) in [6.45, 7) is 2.48. The van der Waals surface area contributed by atoms with Gasteiger partial charge in [0.25, 0.3) is 11.5 Å². The maximum atomic E-state index is 15.3. The van der Waals surface area contributed by atoms with E-state index in [4.69, 9.17) is 14.2 Å². The van der Waals surface area contributed by atoms with Gasteiger partial charge in [-0.3, -0.25) is 24.3 Å². The molecule has 5 aromatic rings. The Morgan fingerprint density at radius 3 is 2.46 bits per heavy atom. The van der Waals surface area contributed by atoms with Crippen molar-refractivity contribution in [1.29, 1.82) is 0 Å². The number of carbonyl (C=O) groups is 2. The van der Waals surface area contributed by atoms with Gasteiger partial charge in [-0.05, 0) is 74.3 Å². The number of anilines is 1. The summed E-state index contributed by atoms with van der Waals surface area (Å²) in [5.74, 6) is -0.819. The lowest BCUT2D eigenvalue weighted by molar-refractivity contribution is -0.122. The number of hydrogen-bond donors (Lipinski definition) is 2. The van der Waals surface area contributed by atoms with Crippen molar-refractivity contribution in [3.05, 3.63) is 107 Å². The van der Waals surface area contributed by atoms with E-state index in [9.17, 15) is 18.8 Å². The van der Waals surface area contributed by atoms with Gasteiger partial charge in [0.1, 0.15) is 22.8 Å². The van der Waals surface area contributed by atoms with Crippen LogP contribution in [-0.4, -0.2) is 71.9 Å². The molecular formula is C36H34F2N6O6. The van der Waals surface area contributed by atoms with Crippen molar-refractivity contribution in [2.75, 3.05) is 45.7 Å². The molecule has 0 bridgehead atoms. The summed E-state index contributed by atoms with van der Waals surface area (Å²) < 4.78 is 48.1. The van der Waals surface area contributed by atoms with Crippen LogP contribution in [0.4, 0.5) is 14.5 Å². The van der Waals surface area contributed by atoms with Crippen LogP contribution in [0.2, 0.25) is 0 Å². The Kier molecular flexibility index (Phi) is 10.3. The van der Waals surface area contributed by atoms with Crippen molar-refractivity contribution in [3.63, 3.8) is 0 Å². The van der Waals surface area contributed by atoms with Crippen LogP contribution in [0.5, 0.6) is 23.0 Å². The summed E-state index contributed by atoms with van der Waals surface area (Å²) in [6, 6.07) is 15.6. The molecule has 0 radical (unpaired) electrons. The average molecular weight is 685 g/mol. The molecule has 1 aliphatic heterocycles. The molecule has 1 fully saturated rings. The number of piperidine rings is 1. The molecule has 12 nitrogen and oxygen atoms in total. The van der Waals surface area contributed by atoms with Crippen molar-refractivity contribution in [2.45, 2.75) is 12.8 Å². The third-order valence-electron chi connectivity index (χ3n) is 8.40. The first-order valence-electron chi connectivity index (χ1n) is 15.9. The molecule has 3 aromatic carbocycles. The van der Waals surface area contributed by atoms with Crippen LogP contribution in [0.3, 0.4) is 0 Å². The number of benzene rings is 3. The van der Waals surface area contributed by atoms with Gasteiger partial charge in [-0.1, -0.05) is 12.1 Å². The molecular weight excluding hydrogens is 650 g/mol. The molecule has 0 spiro atoms. The number of carbonyl (C=O) groups excluding carboxylic acids is 2. The number of hydrogen-bond acceptors (Lipinski definition) is 9. The van der Waals surface area contributed by atoms with E-state index in [0.29, 0.717) is 47.2 Å².